The van der Waals surface area contributed by atoms with Crippen LogP contribution in [0.2, 0.25) is 0 Å². The van der Waals surface area contributed by atoms with Crippen molar-refractivity contribution in [2.45, 2.75) is 6.42 Å². The lowest BCUT2D eigenvalue weighted by Crippen LogP contribution is -1.95. The van der Waals surface area contributed by atoms with E-state index in [2.05, 4.69) is 22.4 Å². The monoisotopic (exact) mass is 219 g/mol. The van der Waals surface area contributed by atoms with Crippen LogP contribution in [-0.4, -0.2) is 16.2 Å². The number of aliphatic imine (C=N–C) groups is 1. The fraction of sp³-hybridized carbons (Fsp3) is 0.0909. The van der Waals surface area contributed by atoms with Gasteiger partial charge in [-0.25, -0.2) is 9.79 Å². The van der Waals surface area contributed by atoms with E-state index in [0.29, 0.717) is 12.0 Å². The number of carboxylic acid groups (broad SMARTS) is 1. The van der Waals surface area contributed by atoms with Gasteiger partial charge < -0.3 is 5.11 Å². The minimum Gasteiger partial charge on any atom is -0.478 e. The Hall–Kier alpha value is -1.77. The van der Waals surface area contributed by atoms with Gasteiger partial charge in [-0.1, -0.05) is 18.2 Å². The summed E-state index contributed by atoms with van der Waals surface area (Å²) in [4.78, 5) is 14.2. The summed E-state index contributed by atoms with van der Waals surface area (Å²) in [5.41, 5.74) is 1.32. The molecule has 0 aliphatic heterocycles. The van der Waals surface area contributed by atoms with Gasteiger partial charge in [0.25, 0.3) is 0 Å². The van der Waals surface area contributed by atoms with Crippen LogP contribution < -0.4 is 0 Å². The molecule has 1 aromatic carbocycles. The summed E-state index contributed by atoms with van der Waals surface area (Å²) >= 11 is 4.39. The molecule has 0 atom stereocenters. The first-order valence-corrected chi connectivity index (χ1v) is 4.69. The second kappa shape index (κ2) is 5.86. The summed E-state index contributed by atoms with van der Waals surface area (Å²) in [7, 11) is 0. The third kappa shape index (κ3) is 3.85. The van der Waals surface area contributed by atoms with Gasteiger partial charge in [-0.3, -0.25) is 0 Å². The standard InChI is InChI=1S/C11H9NO2S/c13-11(14)10-5-3-9(4-6-10)2-1-7-12-8-15/h1,3-7H,2H2,(H,13,14). The molecule has 0 radical (unpaired) electrons. The molecular weight excluding hydrogens is 210 g/mol. The summed E-state index contributed by atoms with van der Waals surface area (Å²) in [5.74, 6) is -0.914. The molecule has 0 aromatic heterocycles. The number of thiocarbonyl (C=S) groups is 1. The molecule has 0 spiro atoms. The Balaban J connectivity index is 2.64. The predicted octanol–water partition coefficient (Wildman–Crippen LogP) is 2.54. The third-order valence-corrected chi connectivity index (χ3v) is 1.89. The number of benzene rings is 1. The zero-order valence-corrected chi connectivity index (χ0v) is 8.70. The average molecular weight is 219 g/mol. The first-order chi connectivity index (χ1) is 7.24. The third-order valence-electron chi connectivity index (χ3n) is 1.79. The van der Waals surface area contributed by atoms with Crippen molar-refractivity contribution in [1.82, 2.24) is 0 Å². The molecule has 0 aliphatic carbocycles. The summed E-state index contributed by atoms with van der Waals surface area (Å²) < 4.78 is 0. The van der Waals surface area contributed by atoms with Crippen molar-refractivity contribution < 1.29 is 9.90 Å². The lowest BCUT2D eigenvalue weighted by atomic mass is 10.1. The Kier molecular flexibility index (Phi) is 4.41. The van der Waals surface area contributed by atoms with Crippen LogP contribution in [0.15, 0.2) is 41.5 Å². The largest absolute Gasteiger partial charge is 0.478 e. The van der Waals surface area contributed by atoms with E-state index in [4.69, 9.17) is 5.11 Å². The number of isothiocyanates is 1. The molecular formula is C11H9NO2S. The highest BCUT2D eigenvalue weighted by atomic mass is 32.1. The van der Waals surface area contributed by atoms with Crippen molar-refractivity contribution in [2.24, 2.45) is 4.99 Å². The van der Waals surface area contributed by atoms with E-state index < -0.39 is 5.97 Å². The van der Waals surface area contributed by atoms with Crippen LogP contribution >= 0.6 is 12.2 Å². The molecule has 0 unspecified atom stereocenters. The molecule has 1 aromatic rings. The lowest BCUT2D eigenvalue weighted by molar-refractivity contribution is 0.0697. The Morgan fingerprint density at radius 1 is 1.47 bits per heavy atom. The van der Waals surface area contributed by atoms with Crippen LogP contribution in [0.5, 0.6) is 0 Å². The fourth-order valence-electron chi connectivity index (χ4n) is 1.06. The SMILES string of the molecule is O=C(O)c1ccc(CC=CN=C=S)cc1. The van der Waals surface area contributed by atoms with Crippen molar-refractivity contribution in [3.8, 4) is 0 Å². The number of carboxylic acids is 1. The zero-order valence-electron chi connectivity index (χ0n) is 7.88. The van der Waals surface area contributed by atoms with Gasteiger partial charge in [0.05, 0.1) is 10.7 Å². The molecule has 0 saturated carbocycles. The first kappa shape index (κ1) is 11.3. The van der Waals surface area contributed by atoms with Crippen molar-refractivity contribution in [1.29, 1.82) is 0 Å². The van der Waals surface area contributed by atoms with Crippen LogP contribution in [0, 0.1) is 0 Å². The molecule has 0 bridgehead atoms. The average Bonchev–Trinajstić information content (AvgIpc) is 2.25. The number of aromatic carboxylic acids is 1. The van der Waals surface area contributed by atoms with Crippen molar-refractivity contribution >= 4 is 23.3 Å². The molecule has 15 heavy (non-hydrogen) atoms. The maximum atomic E-state index is 10.6. The Morgan fingerprint density at radius 3 is 2.67 bits per heavy atom. The number of rotatable bonds is 4. The van der Waals surface area contributed by atoms with Gasteiger partial charge in [0.1, 0.15) is 0 Å². The van der Waals surface area contributed by atoms with Crippen molar-refractivity contribution in [2.75, 3.05) is 0 Å². The molecule has 0 amide bonds. The lowest BCUT2D eigenvalue weighted by Gasteiger charge is -1.97. The quantitative estimate of drug-likeness (QED) is 0.625. The Morgan fingerprint density at radius 2 is 2.13 bits per heavy atom. The maximum Gasteiger partial charge on any atom is 0.335 e. The first-order valence-electron chi connectivity index (χ1n) is 4.28. The van der Waals surface area contributed by atoms with Gasteiger partial charge in [0.2, 0.25) is 0 Å². The molecule has 3 nitrogen and oxygen atoms in total. The van der Waals surface area contributed by atoms with E-state index in [1.807, 2.05) is 6.08 Å². The van der Waals surface area contributed by atoms with Crippen molar-refractivity contribution in [3.63, 3.8) is 0 Å². The molecule has 1 N–H and O–H groups in total. The number of hydrogen-bond donors (Lipinski definition) is 1. The number of carbonyl (C=O) groups is 1. The van der Waals surface area contributed by atoms with E-state index >= 15 is 0 Å². The number of nitrogens with zero attached hydrogens (tertiary/aromatic N) is 1. The zero-order chi connectivity index (χ0) is 11.1. The maximum absolute atomic E-state index is 10.6. The van der Waals surface area contributed by atoms with Crippen LogP contribution in [0.3, 0.4) is 0 Å². The minimum atomic E-state index is -0.914. The molecule has 1 rings (SSSR count). The highest BCUT2D eigenvalue weighted by molar-refractivity contribution is 7.78. The molecule has 0 aliphatic rings. The van der Waals surface area contributed by atoms with Gasteiger partial charge in [-0.15, -0.1) is 0 Å². The minimum absolute atomic E-state index is 0.291. The van der Waals surface area contributed by atoms with Gasteiger partial charge in [0, 0.05) is 6.20 Å². The summed E-state index contributed by atoms with van der Waals surface area (Å²) in [5, 5.41) is 10.9. The second-order valence-electron chi connectivity index (χ2n) is 2.81. The fourth-order valence-corrected chi connectivity index (χ4v) is 1.12. The van der Waals surface area contributed by atoms with Crippen molar-refractivity contribution in [3.05, 3.63) is 47.7 Å². The second-order valence-corrected chi connectivity index (χ2v) is 2.99. The topological polar surface area (TPSA) is 49.7 Å². The van der Waals surface area contributed by atoms with Gasteiger partial charge in [-0.05, 0) is 36.3 Å². The van der Waals surface area contributed by atoms with Gasteiger partial charge in [0.15, 0.2) is 0 Å². The molecule has 4 heteroatoms. The summed E-state index contributed by atoms with van der Waals surface area (Å²) in [6, 6.07) is 6.70. The molecule has 0 saturated heterocycles. The number of allylic oxidation sites excluding steroid dienone is 1. The summed E-state index contributed by atoms with van der Waals surface area (Å²) in [6.07, 6.45) is 4.09. The smallest absolute Gasteiger partial charge is 0.335 e. The van der Waals surface area contributed by atoms with Crippen LogP contribution in [0.1, 0.15) is 15.9 Å². The van der Waals surface area contributed by atoms with E-state index in [-0.39, 0.29) is 0 Å². The molecule has 0 heterocycles. The Bertz CT molecular complexity index is 417. The normalized spacial score (nSPS) is 9.87. The van der Waals surface area contributed by atoms with Crippen LogP contribution in [0.25, 0.3) is 0 Å². The van der Waals surface area contributed by atoms with E-state index in [9.17, 15) is 4.79 Å². The summed E-state index contributed by atoms with van der Waals surface area (Å²) in [6.45, 7) is 0. The molecule has 0 fully saturated rings. The van der Waals surface area contributed by atoms with Crippen LogP contribution in [0.4, 0.5) is 0 Å². The highest BCUT2D eigenvalue weighted by Crippen LogP contribution is 2.05. The van der Waals surface area contributed by atoms with E-state index in [0.717, 1.165) is 5.56 Å². The Labute approximate surface area is 92.8 Å². The number of hydrogen-bond acceptors (Lipinski definition) is 3. The van der Waals surface area contributed by atoms with E-state index in [1.54, 1.807) is 30.5 Å². The molecule has 76 valence electrons. The predicted molar refractivity (Wildman–Crippen MR) is 61.3 cm³/mol. The van der Waals surface area contributed by atoms with E-state index in [1.165, 1.54) is 0 Å². The van der Waals surface area contributed by atoms with Gasteiger partial charge >= 0.3 is 5.97 Å². The van der Waals surface area contributed by atoms with Crippen LogP contribution in [-0.2, 0) is 6.42 Å². The highest BCUT2D eigenvalue weighted by Gasteiger charge is 2.00. The van der Waals surface area contributed by atoms with Gasteiger partial charge in [-0.2, -0.15) is 0 Å².